The van der Waals surface area contributed by atoms with Crippen molar-refractivity contribution in [3.05, 3.63) is 65.5 Å². The van der Waals surface area contributed by atoms with E-state index in [1.807, 2.05) is 24.0 Å². The maximum absolute atomic E-state index is 12.8. The average Bonchev–Trinajstić information content (AvgIpc) is 2.53. The summed E-state index contributed by atoms with van der Waals surface area (Å²) >= 11 is 0. The first kappa shape index (κ1) is 14.6. The van der Waals surface area contributed by atoms with Gasteiger partial charge in [0.1, 0.15) is 11.6 Å². The number of amides is 1. The third kappa shape index (κ3) is 3.11. The predicted molar refractivity (Wildman–Crippen MR) is 82.1 cm³/mol. The molecule has 1 unspecified atom stereocenters. The summed E-state index contributed by atoms with van der Waals surface area (Å²) in [6.07, 6.45) is 0.860. The zero-order valence-corrected chi connectivity index (χ0v) is 12.5. The first-order valence-corrected chi connectivity index (χ1v) is 7.38. The van der Waals surface area contributed by atoms with Crippen molar-refractivity contribution in [3.63, 3.8) is 0 Å². The van der Waals surface area contributed by atoms with E-state index in [1.54, 1.807) is 0 Å². The summed E-state index contributed by atoms with van der Waals surface area (Å²) in [7, 11) is 0. The minimum Gasteiger partial charge on any atom is -0.484 e. The number of fused-ring (bicyclic) bond motifs is 1. The van der Waals surface area contributed by atoms with Crippen molar-refractivity contribution >= 4 is 5.91 Å². The highest BCUT2D eigenvalue weighted by atomic mass is 19.1. The Kier molecular flexibility index (Phi) is 4.09. The van der Waals surface area contributed by atoms with Gasteiger partial charge < -0.3 is 9.64 Å². The summed E-state index contributed by atoms with van der Waals surface area (Å²) in [5.41, 5.74) is 2.49. The quantitative estimate of drug-likeness (QED) is 0.871. The van der Waals surface area contributed by atoms with Crippen LogP contribution in [0, 0.1) is 5.82 Å². The minimum absolute atomic E-state index is 0.0296. The molecule has 0 saturated carbocycles. The summed E-state index contributed by atoms with van der Waals surface area (Å²) in [4.78, 5) is 14.2. The van der Waals surface area contributed by atoms with Gasteiger partial charge in [-0.15, -0.1) is 0 Å². The Hall–Kier alpha value is -2.36. The molecule has 22 heavy (non-hydrogen) atoms. The molecule has 3 nitrogen and oxygen atoms in total. The molecule has 0 saturated heterocycles. The monoisotopic (exact) mass is 299 g/mol. The highest BCUT2D eigenvalue weighted by molar-refractivity contribution is 5.78. The van der Waals surface area contributed by atoms with Gasteiger partial charge in [0.05, 0.1) is 0 Å². The SMILES string of the molecule is CC1Cc2ccccc2CN1C(=O)COc1ccc(F)cc1. The van der Waals surface area contributed by atoms with Gasteiger partial charge >= 0.3 is 0 Å². The molecule has 0 aromatic heterocycles. The van der Waals surface area contributed by atoms with E-state index in [0.29, 0.717) is 12.3 Å². The molecule has 1 aliphatic heterocycles. The smallest absolute Gasteiger partial charge is 0.261 e. The molecule has 2 aromatic carbocycles. The molecule has 3 rings (SSSR count). The summed E-state index contributed by atoms with van der Waals surface area (Å²) in [5.74, 6) is 0.131. The van der Waals surface area contributed by atoms with Gasteiger partial charge in [-0.1, -0.05) is 24.3 Å². The summed E-state index contributed by atoms with van der Waals surface area (Å²) in [6.45, 7) is 2.63. The number of carbonyl (C=O) groups excluding carboxylic acids is 1. The predicted octanol–water partition coefficient (Wildman–Crippen LogP) is 3.18. The van der Waals surface area contributed by atoms with E-state index < -0.39 is 0 Å². The van der Waals surface area contributed by atoms with Gasteiger partial charge in [-0.2, -0.15) is 0 Å². The standard InChI is InChI=1S/C18H18FNO2/c1-13-10-14-4-2-3-5-15(14)11-20(13)18(21)12-22-17-8-6-16(19)7-9-17/h2-9,13H,10-12H2,1H3. The van der Waals surface area contributed by atoms with Gasteiger partial charge in [0.25, 0.3) is 5.91 Å². The van der Waals surface area contributed by atoms with Gasteiger partial charge in [0.15, 0.2) is 6.61 Å². The highest BCUT2D eigenvalue weighted by Gasteiger charge is 2.26. The maximum Gasteiger partial charge on any atom is 0.261 e. The second-order valence-electron chi connectivity index (χ2n) is 5.59. The molecule has 114 valence electrons. The number of hydrogen-bond donors (Lipinski definition) is 0. The van der Waals surface area contributed by atoms with Crippen LogP contribution in [0.2, 0.25) is 0 Å². The molecule has 1 heterocycles. The average molecular weight is 299 g/mol. The van der Waals surface area contributed by atoms with E-state index in [-0.39, 0.29) is 24.4 Å². The van der Waals surface area contributed by atoms with Crippen molar-refractivity contribution in [2.75, 3.05) is 6.61 Å². The lowest BCUT2D eigenvalue weighted by molar-refractivity contribution is -0.136. The molecular weight excluding hydrogens is 281 g/mol. The van der Waals surface area contributed by atoms with Crippen molar-refractivity contribution in [1.29, 1.82) is 0 Å². The number of rotatable bonds is 3. The number of nitrogens with zero attached hydrogens (tertiary/aromatic N) is 1. The third-order valence-corrected chi connectivity index (χ3v) is 4.00. The van der Waals surface area contributed by atoms with E-state index >= 15 is 0 Å². The fourth-order valence-electron chi connectivity index (χ4n) is 2.77. The van der Waals surface area contributed by atoms with Crippen LogP contribution in [0.25, 0.3) is 0 Å². The van der Waals surface area contributed by atoms with Crippen LogP contribution >= 0.6 is 0 Å². The topological polar surface area (TPSA) is 29.5 Å². The summed E-state index contributed by atoms with van der Waals surface area (Å²) in [6, 6.07) is 14.0. The number of halogens is 1. The Labute approximate surface area is 129 Å². The molecule has 4 heteroatoms. The van der Waals surface area contributed by atoms with Gasteiger partial charge in [0.2, 0.25) is 0 Å². The van der Waals surface area contributed by atoms with Crippen molar-refractivity contribution < 1.29 is 13.9 Å². The maximum atomic E-state index is 12.8. The van der Waals surface area contributed by atoms with Crippen LogP contribution in [0.1, 0.15) is 18.1 Å². The van der Waals surface area contributed by atoms with Crippen LogP contribution in [0.15, 0.2) is 48.5 Å². The molecule has 1 atom stereocenters. The molecule has 1 aliphatic rings. The lowest BCUT2D eigenvalue weighted by Crippen LogP contribution is -2.44. The van der Waals surface area contributed by atoms with E-state index in [4.69, 9.17) is 4.74 Å². The Morgan fingerprint density at radius 2 is 1.86 bits per heavy atom. The molecule has 0 bridgehead atoms. The number of ether oxygens (including phenoxy) is 1. The van der Waals surface area contributed by atoms with Crippen LogP contribution in [0.4, 0.5) is 4.39 Å². The molecule has 1 amide bonds. The normalized spacial score (nSPS) is 17.0. The highest BCUT2D eigenvalue weighted by Crippen LogP contribution is 2.23. The lowest BCUT2D eigenvalue weighted by atomic mass is 9.95. The van der Waals surface area contributed by atoms with Crippen LogP contribution in [0.5, 0.6) is 5.75 Å². The zero-order valence-electron chi connectivity index (χ0n) is 12.5. The van der Waals surface area contributed by atoms with Gasteiger partial charge in [-0.25, -0.2) is 4.39 Å². The zero-order chi connectivity index (χ0) is 15.5. The molecule has 0 fully saturated rings. The number of hydrogen-bond acceptors (Lipinski definition) is 2. The van der Waals surface area contributed by atoms with Crippen LogP contribution in [-0.4, -0.2) is 23.5 Å². The van der Waals surface area contributed by atoms with Crippen molar-refractivity contribution in [2.45, 2.75) is 25.9 Å². The molecule has 2 aromatic rings. The third-order valence-electron chi connectivity index (χ3n) is 4.00. The second-order valence-corrected chi connectivity index (χ2v) is 5.59. The minimum atomic E-state index is -0.320. The van der Waals surface area contributed by atoms with E-state index in [1.165, 1.54) is 35.4 Å². The van der Waals surface area contributed by atoms with Crippen LogP contribution < -0.4 is 4.74 Å². The van der Waals surface area contributed by atoms with Crippen molar-refractivity contribution in [2.24, 2.45) is 0 Å². The number of carbonyl (C=O) groups is 1. The Morgan fingerprint density at radius 3 is 2.59 bits per heavy atom. The van der Waals surface area contributed by atoms with Gasteiger partial charge in [0, 0.05) is 12.6 Å². The largest absolute Gasteiger partial charge is 0.484 e. The summed E-state index contributed by atoms with van der Waals surface area (Å²) < 4.78 is 18.3. The fourth-order valence-corrected chi connectivity index (χ4v) is 2.77. The van der Waals surface area contributed by atoms with Crippen LogP contribution in [-0.2, 0) is 17.8 Å². The molecule has 0 spiro atoms. The van der Waals surface area contributed by atoms with E-state index in [9.17, 15) is 9.18 Å². The van der Waals surface area contributed by atoms with Gasteiger partial charge in [-0.05, 0) is 48.7 Å². The van der Waals surface area contributed by atoms with E-state index in [0.717, 1.165) is 6.42 Å². The Balaban J connectivity index is 1.64. The summed E-state index contributed by atoms with van der Waals surface area (Å²) in [5, 5.41) is 0. The molecule has 0 aliphatic carbocycles. The molecule has 0 N–H and O–H groups in total. The van der Waals surface area contributed by atoms with E-state index in [2.05, 4.69) is 12.1 Å². The van der Waals surface area contributed by atoms with Crippen molar-refractivity contribution in [1.82, 2.24) is 4.90 Å². The van der Waals surface area contributed by atoms with Crippen LogP contribution in [0.3, 0.4) is 0 Å². The lowest BCUT2D eigenvalue weighted by Gasteiger charge is -2.34. The Bertz CT molecular complexity index is 669. The van der Waals surface area contributed by atoms with Crippen molar-refractivity contribution in [3.8, 4) is 5.75 Å². The van der Waals surface area contributed by atoms with Gasteiger partial charge in [-0.3, -0.25) is 4.79 Å². The number of benzene rings is 2. The first-order chi connectivity index (χ1) is 10.6. The second kappa shape index (κ2) is 6.18. The Morgan fingerprint density at radius 1 is 1.18 bits per heavy atom. The molecular formula is C18H18FNO2. The fraction of sp³-hybridized carbons (Fsp3) is 0.278. The first-order valence-electron chi connectivity index (χ1n) is 7.38. The molecule has 0 radical (unpaired) electrons.